The van der Waals surface area contributed by atoms with Crippen LogP contribution >= 0.6 is 0 Å². The van der Waals surface area contributed by atoms with Gasteiger partial charge in [-0.1, -0.05) is 0 Å². The molecule has 0 bridgehead atoms. The van der Waals surface area contributed by atoms with Crippen molar-refractivity contribution in [3.05, 3.63) is 76.1 Å². The number of benzene rings is 1. The number of rotatable bonds is 3. The first-order valence-electron chi connectivity index (χ1n) is 8.07. The van der Waals surface area contributed by atoms with E-state index in [1.165, 1.54) is 19.3 Å². The van der Waals surface area contributed by atoms with Crippen LogP contribution in [-0.2, 0) is 21.8 Å². The first kappa shape index (κ1) is 16.2. The number of hydrogen-bond donors (Lipinski definition) is 0. The average Bonchev–Trinajstić information content (AvgIpc) is 3.20. The SMILES string of the molecule is C1=CC[C]([Zr+]([c]2ccccc2)[CH]2CCC3C=CC=CC32)=C1.[Cl-]. The number of allylic oxidation sites excluding steroid dienone is 8. The quantitative estimate of drug-likeness (QED) is 0.740. The molecule has 1 fully saturated rings. The molecule has 0 spiro atoms. The molecule has 3 aliphatic rings. The minimum Gasteiger partial charge on any atom is -1.00 e. The summed E-state index contributed by atoms with van der Waals surface area (Å²) < 4.78 is 4.45. The Morgan fingerprint density at radius 2 is 1.73 bits per heavy atom. The van der Waals surface area contributed by atoms with Gasteiger partial charge >= 0.3 is 136 Å². The zero-order valence-electron chi connectivity index (χ0n) is 12.7. The summed E-state index contributed by atoms with van der Waals surface area (Å²) in [6.45, 7) is 0. The van der Waals surface area contributed by atoms with Crippen molar-refractivity contribution < 1.29 is 34.2 Å². The summed E-state index contributed by atoms with van der Waals surface area (Å²) in [4.78, 5) is 0. The largest absolute Gasteiger partial charge is 1.00 e. The van der Waals surface area contributed by atoms with Crippen LogP contribution in [0.3, 0.4) is 0 Å². The van der Waals surface area contributed by atoms with Crippen molar-refractivity contribution >= 4 is 3.27 Å². The molecule has 112 valence electrons. The Labute approximate surface area is 147 Å². The number of hydrogen-bond acceptors (Lipinski definition) is 0. The zero-order valence-corrected chi connectivity index (χ0v) is 15.9. The van der Waals surface area contributed by atoms with E-state index in [2.05, 4.69) is 72.9 Å². The monoisotopic (exact) mass is 386 g/mol. The molecular formula is C20H21ClZr. The minimum atomic E-state index is -1.77. The second-order valence-electron chi connectivity index (χ2n) is 6.30. The fourth-order valence-corrected chi connectivity index (χ4v) is 13.1. The first-order chi connectivity index (χ1) is 10.4. The predicted octanol–water partition coefficient (Wildman–Crippen LogP) is 1.72. The summed E-state index contributed by atoms with van der Waals surface area (Å²) in [6.07, 6.45) is 20.6. The second kappa shape index (κ2) is 7.28. The van der Waals surface area contributed by atoms with E-state index in [-0.39, 0.29) is 12.4 Å². The molecule has 3 atom stereocenters. The van der Waals surface area contributed by atoms with Crippen LogP contribution in [0.25, 0.3) is 0 Å². The molecule has 0 aliphatic heterocycles. The van der Waals surface area contributed by atoms with Crippen molar-refractivity contribution in [2.45, 2.75) is 22.9 Å². The van der Waals surface area contributed by atoms with E-state index in [9.17, 15) is 0 Å². The van der Waals surface area contributed by atoms with E-state index >= 15 is 0 Å². The Morgan fingerprint density at radius 1 is 0.909 bits per heavy atom. The molecule has 1 saturated carbocycles. The molecular weight excluding hydrogens is 367 g/mol. The first-order valence-corrected chi connectivity index (χ1v) is 11.9. The average molecular weight is 388 g/mol. The van der Waals surface area contributed by atoms with Gasteiger partial charge in [0, 0.05) is 0 Å². The van der Waals surface area contributed by atoms with E-state index < -0.39 is 21.8 Å². The fourth-order valence-electron chi connectivity index (χ4n) is 4.20. The summed E-state index contributed by atoms with van der Waals surface area (Å²) >= 11 is -1.77. The van der Waals surface area contributed by atoms with Gasteiger partial charge in [-0.25, -0.2) is 0 Å². The van der Waals surface area contributed by atoms with Crippen LogP contribution in [0.2, 0.25) is 3.63 Å². The number of halogens is 1. The number of fused-ring (bicyclic) bond motifs is 1. The maximum atomic E-state index is 2.51. The van der Waals surface area contributed by atoms with Gasteiger partial charge in [-0.2, -0.15) is 0 Å². The molecule has 3 aliphatic carbocycles. The predicted molar refractivity (Wildman–Crippen MR) is 86.2 cm³/mol. The van der Waals surface area contributed by atoms with E-state index in [0.717, 1.165) is 15.5 Å². The molecule has 3 unspecified atom stereocenters. The van der Waals surface area contributed by atoms with Crippen molar-refractivity contribution in [1.82, 2.24) is 0 Å². The van der Waals surface area contributed by atoms with Gasteiger partial charge in [-0.15, -0.1) is 0 Å². The molecule has 4 rings (SSSR count). The van der Waals surface area contributed by atoms with Gasteiger partial charge in [0.15, 0.2) is 0 Å². The van der Waals surface area contributed by atoms with Crippen LogP contribution in [-0.4, -0.2) is 0 Å². The van der Waals surface area contributed by atoms with Crippen LogP contribution < -0.4 is 15.7 Å². The zero-order chi connectivity index (χ0) is 14.1. The van der Waals surface area contributed by atoms with E-state index in [1.54, 1.807) is 6.55 Å². The summed E-state index contributed by atoms with van der Waals surface area (Å²) in [5, 5.41) is 0. The van der Waals surface area contributed by atoms with Crippen LogP contribution in [0, 0.1) is 11.8 Å². The molecule has 0 amide bonds. The molecule has 0 saturated heterocycles. The Bertz CT molecular complexity index is 626. The van der Waals surface area contributed by atoms with Gasteiger partial charge < -0.3 is 12.4 Å². The van der Waals surface area contributed by atoms with Crippen molar-refractivity contribution in [3.63, 3.8) is 0 Å². The van der Waals surface area contributed by atoms with Crippen molar-refractivity contribution in [2.75, 3.05) is 0 Å². The molecule has 0 heterocycles. The van der Waals surface area contributed by atoms with E-state index in [0.29, 0.717) is 0 Å². The maximum absolute atomic E-state index is 2.51. The fraction of sp³-hybridized carbons (Fsp3) is 0.300. The van der Waals surface area contributed by atoms with Gasteiger partial charge in [0.2, 0.25) is 0 Å². The summed E-state index contributed by atoms with van der Waals surface area (Å²) in [6, 6.07) is 11.4. The van der Waals surface area contributed by atoms with Crippen molar-refractivity contribution in [1.29, 1.82) is 0 Å². The van der Waals surface area contributed by atoms with Gasteiger partial charge in [-0.3, -0.25) is 0 Å². The summed E-state index contributed by atoms with van der Waals surface area (Å²) in [5.41, 5.74) is 0. The smallest absolute Gasteiger partial charge is 1.00 e. The standard InChI is InChI=1S/C9H11.C6H5.C5H5.ClH.Zr/c1-2-5-9-7-3-6-8(9)4-1;1-2-4-6-5-3-1;1-2-4-5-3-1;;/h1-2,4-6,8-9H,3,7H2;1-5H;1-3H,4H2;1H;/q;;;;+1/p-1. The molecule has 22 heavy (non-hydrogen) atoms. The van der Waals surface area contributed by atoms with Gasteiger partial charge in [0.05, 0.1) is 0 Å². The van der Waals surface area contributed by atoms with Crippen LogP contribution in [0.5, 0.6) is 0 Å². The van der Waals surface area contributed by atoms with E-state index in [1.807, 2.05) is 0 Å². The van der Waals surface area contributed by atoms with E-state index in [4.69, 9.17) is 0 Å². The third-order valence-electron chi connectivity index (χ3n) is 5.15. The summed E-state index contributed by atoms with van der Waals surface area (Å²) in [5.74, 6) is 1.63. The molecule has 2 heteroatoms. The second-order valence-corrected chi connectivity index (χ2v) is 13.2. The summed E-state index contributed by atoms with van der Waals surface area (Å²) in [7, 11) is 0. The van der Waals surface area contributed by atoms with Crippen LogP contribution in [0.1, 0.15) is 19.3 Å². The Hall–Kier alpha value is -0.647. The van der Waals surface area contributed by atoms with Gasteiger partial charge in [0.1, 0.15) is 0 Å². The van der Waals surface area contributed by atoms with Crippen molar-refractivity contribution in [2.24, 2.45) is 11.8 Å². The third kappa shape index (κ3) is 3.03. The Kier molecular flexibility index (Phi) is 5.37. The topological polar surface area (TPSA) is 0 Å². The molecule has 0 aromatic heterocycles. The normalized spacial score (nSPS) is 28.2. The van der Waals surface area contributed by atoms with Gasteiger partial charge in [0.25, 0.3) is 0 Å². The maximum Gasteiger partial charge on any atom is -1.00 e. The third-order valence-corrected chi connectivity index (χ3v) is 13.6. The van der Waals surface area contributed by atoms with Crippen LogP contribution in [0.4, 0.5) is 0 Å². The molecule has 0 radical (unpaired) electrons. The van der Waals surface area contributed by atoms with Gasteiger partial charge in [-0.05, 0) is 0 Å². The van der Waals surface area contributed by atoms with Crippen LogP contribution in [0.15, 0.2) is 76.1 Å². The molecule has 1 aromatic carbocycles. The Morgan fingerprint density at radius 3 is 2.50 bits per heavy atom. The minimum absolute atomic E-state index is 0. The molecule has 0 N–H and O–H groups in total. The molecule has 1 aromatic rings. The Balaban J connectivity index is 0.00000144. The van der Waals surface area contributed by atoms with Crippen molar-refractivity contribution in [3.8, 4) is 0 Å². The molecule has 0 nitrogen and oxygen atoms in total.